The van der Waals surface area contributed by atoms with E-state index in [1.165, 1.54) is 60.4 Å². The van der Waals surface area contributed by atoms with Gasteiger partial charge < -0.3 is 4.74 Å². The van der Waals surface area contributed by atoms with E-state index < -0.39 is 16.1 Å². The van der Waals surface area contributed by atoms with Crippen LogP contribution in [0.2, 0.25) is 30.2 Å². The van der Waals surface area contributed by atoms with Crippen molar-refractivity contribution in [3.05, 3.63) is 139 Å². The third-order valence-electron chi connectivity index (χ3n) is 11.7. The molecule has 0 bridgehead atoms. The van der Waals surface area contributed by atoms with Gasteiger partial charge in [-0.1, -0.05) is 187 Å². The molecule has 0 aromatic heterocycles. The molecule has 5 aromatic rings. The van der Waals surface area contributed by atoms with Crippen molar-refractivity contribution in [3.63, 3.8) is 0 Å². The van der Waals surface area contributed by atoms with Crippen LogP contribution in [0.1, 0.15) is 56.9 Å². The van der Waals surface area contributed by atoms with Gasteiger partial charge >= 0.3 is 0 Å². The minimum Gasteiger partial charge on any atom is -0.490 e. The molecule has 0 saturated heterocycles. The normalized spacial score (nSPS) is 13.2. The number of hydrogen-bond donors (Lipinski definition) is 0. The lowest BCUT2D eigenvalue weighted by Crippen LogP contribution is -2.57. The van der Waals surface area contributed by atoms with E-state index in [-0.39, 0.29) is 5.04 Å². The van der Waals surface area contributed by atoms with E-state index in [2.05, 4.69) is 170 Å². The summed E-state index contributed by atoms with van der Waals surface area (Å²) in [5, 5.41) is 3.13. The summed E-state index contributed by atoms with van der Waals surface area (Å²) < 4.78 is 6.94. The minimum absolute atomic E-state index is 0.175. The maximum Gasteiger partial charge on any atom is 0.118 e. The molecule has 0 heterocycles. The summed E-state index contributed by atoms with van der Waals surface area (Å²) in [5.74, 6) is 1.16. The molecule has 6 rings (SSSR count). The highest BCUT2D eigenvalue weighted by Gasteiger charge is 2.50. The van der Waals surface area contributed by atoms with Gasteiger partial charge in [0.15, 0.2) is 0 Å². The van der Waals surface area contributed by atoms with Gasteiger partial charge in [0.25, 0.3) is 0 Å². The molecule has 0 aliphatic heterocycles. The van der Waals surface area contributed by atoms with Gasteiger partial charge in [-0.15, -0.1) is 0 Å². The quantitative estimate of drug-likeness (QED) is 0.107. The van der Waals surface area contributed by atoms with Gasteiger partial charge in [-0.3, -0.25) is 0 Å². The fraction of sp³-hybridized carbons (Fsp3) is 0.289. The molecular weight excluding hydrogens is 613 g/mol. The molecule has 3 heteroatoms. The summed E-state index contributed by atoms with van der Waals surface area (Å²) in [5.41, 5.74) is 12.5. The third-order valence-corrected chi connectivity index (χ3v) is 22.9. The van der Waals surface area contributed by atoms with Crippen LogP contribution in [0, 0.1) is 6.92 Å². The van der Waals surface area contributed by atoms with Crippen molar-refractivity contribution in [1.82, 2.24) is 0 Å². The van der Waals surface area contributed by atoms with Crippen molar-refractivity contribution >= 4 is 26.5 Å². The third kappa shape index (κ3) is 5.75. The fourth-order valence-corrected chi connectivity index (χ4v) is 15.5. The Bertz CT molecular complexity index is 1840. The van der Waals surface area contributed by atoms with Crippen LogP contribution >= 0.6 is 0 Å². The first kappa shape index (κ1) is 34.0. The molecule has 1 nitrogen and oxygen atoms in total. The first-order valence-electron chi connectivity index (χ1n) is 17.7. The van der Waals surface area contributed by atoms with Gasteiger partial charge in [0, 0.05) is 5.54 Å². The summed E-state index contributed by atoms with van der Waals surface area (Å²) >= 11 is 0. The van der Waals surface area contributed by atoms with Gasteiger partial charge in [-0.2, -0.15) is 0 Å². The van der Waals surface area contributed by atoms with Gasteiger partial charge in [0.1, 0.15) is 20.4 Å². The maximum absolute atomic E-state index is 6.94. The zero-order valence-electron chi connectivity index (χ0n) is 30.3. The van der Waals surface area contributed by atoms with Crippen LogP contribution in [0.25, 0.3) is 33.4 Å². The Balaban J connectivity index is 1.68. The number of hydrogen-bond acceptors (Lipinski definition) is 1. The van der Waals surface area contributed by atoms with Crippen molar-refractivity contribution in [2.75, 3.05) is 6.61 Å². The average molecular weight is 665 g/mol. The van der Waals surface area contributed by atoms with Crippen LogP contribution in [0.3, 0.4) is 0 Å². The highest BCUT2D eigenvalue weighted by atomic mass is 28.3. The minimum atomic E-state index is -2.37. The number of ether oxygens (including phenoxy) is 1. The van der Waals surface area contributed by atoms with E-state index in [4.69, 9.17) is 4.74 Å². The van der Waals surface area contributed by atoms with Crippen LogP contribution in [0.4, 0.5) is 0 Å². The van der Waals surface area contributed by atoms with Crippen molar-refractivity contribution < 1.29 is 4.74 Å². The molecule has 0 saturated carbocycles. The summed E-state index contributed by atoms with van der Waals surface area (Å²) in [4.78, 5) is 0. The summed E-state index contributed by atoms with van der Waals surface area (Å²) in [6.45, 7) is 24.1. The summed E-state index contributed by atoms with van der Waals surface area (Å²) in [6.07, 6.45) is 1.92. The lowest BCUT2D eigenvalue weighted by molar-refractivity contribution is 0.368. The molecule has 0 radical (unpaired) electrons. The standard InChI is InChI=1S/C45H52OSi2/c1-10-27-46-43-41(47(8,9)45(5,6)7)28-32(4)29-42(43)48(11-2,12-3)44-39-30-35(33-19-15-13-16-20-33)23-25-37(39)38-26-24-36(31-40(38)44)34-21-17-14-18-22-34/h10,13-26,28-31,44H,1,11-12,27H2,2-9H3. The number of benzene rings is 5. The van der Waals surface area contributed by atoms with E-state index in [9.17, 15) is 0 Å². The van der Waals surface area contributed by atoms with Crippen molar-refractivity contribution in [1.29, 1.82) is 0 Å². The van der Waals surface area contributed by atoms with Crippen LogP contribution in [0.15, 0.2) is 122 Å². The maximum atomic E-state index is 6.94. The predicted octanol–water partition coefficient (Wildman–Crippen LogP) is 11.7. The van der Waals surface area contributed by atoms with E-state index in [1.54, 1.807) is 0 Å². The average Bonchev–Trinajstić information content (AvgIpc) is 3.42. The molecule has 1 aliphatic rings. The molecule has 0 fully saturated rings. The molecule has 0 atom stereocenters. The lowest BCUT2D eigenvalue weighted by atomic mass is 9.98. The predicted molar refractivity (Wildman–Crippen MR) is 215 cm³/mol. The van der Waals surface area contributed by atoms with Crippen LogP contribution in [0.5, 0.6) is 5.75 Å². The smallest absolute Gasteiger partial charge is 0.118 e. The van der Waals surface area contributed by atoms with Crippen LogP contribution in [-0.4, -0.2) is 22.8 Å². The Hall–Kier alpha value is -3.93. The molecule has 48 heavy (non-hydrogen) atoms. The summed E-state index contributed by atoms with van der Waals surface area (Å²) in [7, 11) is -4.34. The fourth-order valence-electron chi connectivity index (χ4n) is 7.98. The Morgan fingerprint density at radius 3 is 1.58 bits per heavy atom. The SMILES string of the molecule is C=CCOc1c([Si](CC)(CC)C2c3cc(-c4ccccc4)ccc3-c3ccc(-c4ccccc4)cc32)cc(C)cc1[Si](C)(C)C(C)(C)C. The van der Waals surface area contributed by atoms with Crippen LogP contribution in [-0.2, 0) is 0 Å². The second-order valence-corrected chi connectivity index (χ2v) is 25.4. The molecular formula is C45H52OSi2. The van der Waals surface area contributed by atoms with Gasteiger partial charge in [0.2, 0.25) is 0 Å². The molecule has 1 aliphatic carbocycles. The Morgan fingerprint density at radius 1 is 0.667 bits per heavy atom. The topological polar surface area (TPSA) is 9.23 Å². The van der Waals surface area contributed by atoms with E-state index in [1.807, 2.05) is 6.08 Å². The number of aryl methyl sites for hydroxylation is 1. The molecule has 0 spiro atoms. The molecule has 5 aromatic carbocycles. The molecule has 0 N–H and O–H groups in total. The van der Waals surface area contributed by atoms with Gasteiger partial charge in [-0.25, -0.2) is 0 Å². The van der Waals surface area contributed by atoms with Gasteiger partial charge in [-0.05, 0) is 66.8 Å². The zero-order valence-corrected chi connectivity index (χ0v) is 32.3. The van der Waals surface area contributed by atoms with E-state index in [0.717, 1.165) is 17.8 Å². The Morgan fingerprint density at radius 2 is 1.15 bits per heavy atom. The van der Waals surface area contributed by atoms with Crippen molar-refractivity contribution in [2.45, 2.75) is 77.3 Å². The van der Waals surface area contributed by atoms with Crippen LogP contribution < -0.4 is 15.1 Å². The highest BCUT2D eigenvalue weighted by molar-refractivity contribution is 6.96. The monoisotopic (exact) mass is 664 g/mol. The lowest BCUT2D eigenvalue weighted by Gasteiger charge is -2.43. The first-order valence-corrected chi connectivity index (χ1v) is 23.2. The second-order valence-electron chi connectivity index (χ2n) is 15.3. The summed E-state index contributed by atoms with van der Waals surface area (Å²) in [6, 6.07) is 43.5. The first-order chi connectivity index (χ1) is 23.0. The number of fused-ring (bicyclic) bond motifs is 3. The zero-order chi connectivity index (χ0) is 34.3. The van der Waals surface area contributed by atoms with Crippen molar-refractivity contribution in [3.8, 4) is 39.1 Å². The highest BCUT2D eigenvalue weighted by Crippen LogP contribution is 2.53. The van der Waals surface area contributed by atoms with E-state index >= 15 is 0 Å². The molecule has 246 valence electrons. The van der Waals surface area contributed by atoms with Gasteiger partial charge in [0.05, 0.1) is 8.07 Å². The van der Waals surface area contributed by atoms with E-state index in [0.29, 0.717) is 12.1 Å². The van der Waals surface area contributed by atoms with Crippen molar-refractivity contribution in [2.24, 2.45) is 0 Å². The second kappa shape index (κ2) is 13.2. The largest absolute Gasteiger partial charge is 0.490 e. The molecule has 0 amide bonds. The molecule has 0 unspecified atom stereocenters. The Labute approximate surface area is 291 Å². The Kier molecular flexibility index (Phi) is 9.32. The number of rotatable bonds is 10.